The Labute approximate surface area is 117 Å². The number of hydrogen-bond donors (Lipinski definition) is 1. The molecule has 3 nitrogen and oxygen atoms in total. The Hall–Kier alpha value is -0.830. The summed E-state index contributed by atoms with van der Waals surface area (Å²) in [5.74, 6) is 2.07. The summed E-state index contributed by atoms with van der Waals surface area (Å²) >= 11 is 6.76. The Morgan fingerprint density at radius 1 is 1.53 bits per heavy atom. The first-order valence-corrected chi connectivity index (χ1v) is 6.38. The second-order valence-electron chi connectivity index (χ2n) is 3.21. The number of rotatable bonds is 4. The van der Waals surface area contributed by atoms with E-state index >= 15 is 0 Å². The molecule has 0 saturated heterocycles. The monoisotopic (exact) mass is 359 g/mol. The number of ether oxygens (including phenoxy) is 1. The van der Waals surface area contributed by atoms with Gasteiger partial charge in [-0.25, -0.2) is 4.79 Å². The van der Waals surface area contributed by atoms with Gasteiger partial charge in [0, 0.05) is 8.95 Å². The molecule has 1 rings (SSSR count). The van der Waals surface area contributed by atoms with Crippen LogP contribution in [-0.2, 0) is 9.53 Å². The van der Waals surface area contributed by atoms with Crippen LogP contribution in [0.3, 0.4) is 0 Å². The van der Waals surface area contributed by atoms with E-state index in [1.807, 2.05) is 18.2 Å². The minimum absolute atomic E-state index is 0.299. The van der Waals surface area contributed by atoms with Gasteiger partial charge < -0.3 is 4.74 Å². The van der Waals surface area contributed by atoms with Crippen LogP contribution in [-0.4, -0.2) is 19.6 Å². The standard InChI is InChI=1S/C12H11Br2NO2/c1-3-6-15-11(12(16)17-2)8-4-5-9(13)10(14)7-8/h1,4-5,7,11,15H,6H2,2H3. The molecule has 17 heavy (non-hydrogen) atoms. The molecule has 0 bridgehead atoms. The lowest BCUT2D eigenvalue weighted by Crippen LogP contribution is -2.29. The summed E-state index contributed by atoms with van der Waals surface area (Å²) < 4.78 is 6.52. The molecule has 0 saturated carbocycles. The van der Waals surface area contributed by atoms with Crippen molar-refractivity contribution in [3.8, 4) is 12.3 Å². The fourth-order valence-electron chi connectivity index (χ4n) is 1.31. The first kappa shape index (κ1) is 14.2. The molecule has 1 aromatic rings. The van der Waals surface area contributed by atoms with Crippen LogP contribution in [0.4, 0.5) is 0 Å². The summed E-state index contributed by atoms with van der Waals surface area (Å²) in [6.07, 6.45) is 5.17. The van der Waals surface area contributed by atoms with Crippen molar-refractivity contribution in [2.24, 2.45) is 0 Å². The number of halogens is 2. The van der Waals surface area contributed by atoms with Crippen LogP contribution in [0.5, 0.6) is 0 Å². The molecule has 0 heterocycles. The van der Waals surface area contributed by atoms with Gasteiger partial charge in [0.1, 0.15) is 6.04 Å². The van der Waals surface area contributed by atoms with Crippen LogP contribution in [0, 0.1) is 12.3 Å². The van der Waals surface area contributed by atoms with Crippen molar-refractivity contribution in [2.75, 3.05) is 13.7 Å². The quantitative estimate of drug-likeness (QED) is 0.662. The topological polar surface area (TPSA) is 38.3 Å². The lowest BCUT2D eigenvalue weighted by Gasteiger charge is -2.16. The summed E-state index contributed by atoms with van der Waals surface area (Å²) in [4.78, 5) is 11.6. The summed E-state index contributed by atoms with van der Waals surface area (Å²) in [6.45, 7) is 0.299. The molecule has 90 valence electrons. The molecule has 0 amide bonds. The Balaban J connectivity index is 3.00. The molecule has 0 spiro atoms. The molecule has 1 aromatic carbocycles. The highest BCUT2D eigenvalue weighted by molar-refractivity contribution is 9.13. The van der Waals surface area contributed by atoms with Crippen molar-refractivity contribution in [2.45, 2.75) is 6.04 Å². The summed E-state index contributed by atoms with van der Waals surface area (Å²) in [5.41, 5.74) is 0.794. The molecule has 0 aliphatic rings. The Morgan fingerprint density at radius 2 is 2.24 bits per heavy atom. The molecule has 1 unspecified atom stereocenters. The van der Waals surface area contributed by atoms with E-state index in [9.17, 15) is 4.79 Å². The molecule has 1 atom stereocenters. The van der Waals surface area contributed by atoms with E-state index in [4.69, 9.17) is 11.2 Å². The summed E-state index contributed by atoms with van der Waals surface area (Å²) in [7, 11) is 1.35. The number of nitrogens with one attached hydrogen (secondary N) is 1. The minimum atomic E-state index is -0.555. The first-order chi connectivity index (χ1) is 8.10. The Bertz CT molecular complexity index is 454. The Morgan fingerprint density at radius 3 is 2.76 bits per heavy atom. The molecular weight excluding hydrogens is 350 g/mol. The zero-order chi connectivity index (χ0) is 12.8. The number of methoxy groups -OCH3 is 1. The average Bonchev–Trinajstić information content (AvgIpc) is 2.33. The molecule has 0 aliphatic carbocycles. The summed E-state index contributed by atoms with van der Waals surface area (Å²) in [5, 5.41) is 2.94. The number of benzene rings is 1. The molecule has 0 aliphatic heterocycles. The molecule has 1 N–H and O–H groups in total. The van der Waals surface area contributed by atoms with E-state index in [-0.39, 0.29) is 5.97 Å². The average molecular weight is 361 g/mol. The van der Waals surface area contributed by atoms with Crippen molar-refractivity contribution in [3.63, 3.8) is 0 Å². The molecular formula is C12H11Br2NO2. The second kappa shape index (κ2) is 6.80. The first-order valence-electron chi connectivity index (χ1n) is 4.79. The third kappa shape index (κ3) is 3.84. The van der Waals surface area contributed by atoms with Crippen LogP contribution in [0.1, 0.15) is 11.6 Å². The number of esters is 1. The highest BCUT2D eigenvalue weighted by atomic mass is 79.9. The van der Waals surface area contributed by atoms with Crippen LogP contribution in [0.25, 0.3) is 0 Å². The van der Waals surface area contributed by atoms with E-state index < -0.39 is 6.04 Å². The maximum absolute atomic E-state index is 11.6. The van der Waals surface area contributed by atoms with Gasteiger partial charge in [0.2, 0.25) is 0 Å². The SMILES string of the molecule is C#CCNC(C(=O)OC)c1ccc(Br)c(Br)c1. The van der Waals surface area contributed by atoms with Crippen molar-refractivity contribution >= 4 is 37.8 Å². The maximum atomic E-state index is 11.6. The number of hydrogen-bond acceptors (Lipinski definition) is 3. The van der Waals surface area contributed by atoms with Gasteiger partial charge in [-0.3, -0.25) is 5.32 Å². The van der Waals surface area contributed by atoms with Crippen molar-refractivity contribution in [1.82, 2.24) is 5.32 Å². The van der Waals surface area contributed by atoms with Gasteiger partial charge in [0.15, 0.2) is 0 Å². The third-order valence-corrected chi connectivity index (χ3v) is 4.00. The lowest BCUT2D eigenvalue weighted by molar-refractivity contribution is -0.143. The van der Waals surface area contributed by atoms with Gasteiger partial charge in [0.25, 0.3) is 0 Å². The predicted molar refractivity (Wildman–Crippen MR) is 73.4 cm³/mol. The van der Waals surface area contributed by atoms with Crippen molar-refractivity contribution < 1.29 is 9.53 Å². The Kier molecular flexibility index (Phi) is 5.69. The van der Waals surface area contributed by atoms with Gasteiger partial charge in [-0.15, -0.1) is 6.42 Å². The van der Waals surface area contributed by atoms with Gasteiger partial charge >= 0.3 is 5.97 Å². The molecule has 0 aromatic heterocycles. The van der Waals surface area contributed by atoms with Crippen LogP contribution in [0.2, 0.25) is 0 Å². The van der Waals surface area contributed by atoms with E-state index in [1.54, 1.807) is 0 Å². The normalized spacial score (nSPS) is 11.6. The van der Waals surface area contributed by atoms with Gasteiger partial charge in [0.05, 0.1) is 13.7 Å². The summed E-state index contributed by atoms with van der Waals surface area (Å²) in [6, 6.07) is 4.97. The van der Waals surface area contributed by atoms with E-state index in [0.717, 1.165) is 14.5 Å². The molecule has 0 fully saturated rings. The maximum Gasteiger partial charge on any atom is 0.327 e. The predicted octanol–water partition coefficient (Wildman–Crippen LogP) is 2.65. The van der Waals surface area contributed by atoms with Crippen LogP contribution >= 0.6 is 31.9 Å². The van der Waals surface area contributed by atoms with E-state index in [2.05, 4.69) is 43.1 Å². The minimum Gasteiger partial charge on any atom is -0.468 e. The van der Waals surface area contributed by atoms with Gasteiger partial charge in [-0.1, -0.05) is 12.0 Å². The highest BCUT2D eigenvalue weighted by Gasteiger charge is 2.20. The van der Waals surface area contributed by atoms with Crippen molar-refractivity contribution in [3.05, 3.63) is 32.7 Å². The fourth-order valence-corrected chi connectivity index (χ4v) is 1.95. The van der Waals surface area contributed by atoms with Crippen LogP contribution < -0.4 is 5.32 Å². The van der Waals surface area contributed by atoms with E-state index in [1.165, 1.54) is 7.11 Å². The smallest absolute Gasteiger partial charge is 0.327 e. The fraction of sp³-hybridized carbons (Fsp3) is 0.250. The zero-order valence-electron chi connectivity index (χ0n) is 9.17. The van der Waals surface area contributed by atoms with Gasteiger partial charge in [-0.2, -0.15) is 0 Å². The number of terminal acetylenes is 1. The number of carbonyl (C=O) groups excluding carboxylic acids is 1. The zero-order valence-corrected chi connectivity index (χ0v) is 12.3. The van der Waals surface area contributed by atoms with Gasteiger partial charge in [-0.05, 0) is 49.6 Å². The highest BCUT2D eigenvalue weighted by Crippen LogP contribution is 2.26. The largest absolute Gasteiger partial charge is 0.468 e. The lowest BCUT2D eigenvalue weighted by atomic mass is 10.1. The van der Waals surface area contributed by atoms with Crippen LogP contribution in [0.15, 0.2) is 27.1 Å². The van der Waals surface area contributed by atoms with E-state index in [0.29, 0.717) is 6.54 Å². The molecule has 5 heteroatoms. The molecule has 0 radical (unpaired) electrons. The second-order valence-corrected chi connectivity index (χ2v) is 4.92. The number of carbonyl (C=O) groups is 1. The third-order valence-electron chi connectivity index (χ3n) is 2.12. The van der Waals surface area contributed by atoms with Crippen molar-refractivity contribution in [1.29, 1.82) is 0 Å².